The Hall–Kier alpha value is -0.840. The Morgan fingerprint density at radius 3 is 2.90 bits per heavy atom. The highest BCUT2D eigenvalue weighted by Gasteiger charge is 2.19. The van der Waals surface area contributed by atoms with Gasteiger partial charge in [-0.05, 0) is 18.8 Å². The molecule has 1 saturated carbocycles. The highest BCUT2D eigenvalue weighted by molar-refractivity contribution is 5.17. The summed E-state index contributed by atoms with van der Waals surface area (Å²) in [6.45, 7) is 0. The number of hydrogen-bond donors (Lipinski definition) is 0. The third kappa shape index (κ3) is 3.24. The molecule has 0 amide bonds. The molecule has 0 heterocycles. The van der Waals surface area contributed by atoms with E-state index in [9.17, 15) is 8.78 Å². The average Bonchev–Trinajstić information content (AvgIpc) is 2.62. The smallest absolute Gasteiger partial charge is 0.173 e. The molecule has 0 saturated heterocycles. The lowest BCUT2D eigenvalue weighted by Crippen LogP contribution is -1.67. The number of allylic oxidation sites excluding steroid dienone is 1. The summed E-state index contributed by atoms with van der Waals surface area (Å²) < 4.78 is 22.7. The first-order valence-electron chi connectivity index (χ1n) is 3.12. The molecule has 1 unspecified atom stereocenters. The molecule has 0 aromatic heterocycles. The number of halogens is 2. The molecule has 1 aliphatic carbocycles. The maximum absolute atomic E-state index is 11.3. The SMILES string of the molecule is FC(F)=CC#CCC1[CH]C1. The molecule has 10 heavy (non-hydrogen) atoms. The summed E-state index contributed by atoms with van der Waals surface area (Å²) >= 11 is 0. The standard InChI is InChI=1S/C8H7F2/c9-8(10)4-2-1-3-7-5-6-7/h4-5,7H,3,6H2. The van der Waals surface area contributed by atoms with E-state index < -0.39 is 6.08 Å². The first-order valence-corrected chi connectivity index (χ1v) is 3.12. The lowest BCUT2D eigenvalue weighted by atomic mass is 10.3. The van der Waals surface area contributed by atoms with Gasteiger partial charge in [0.15, 0.2) is 0 Å². The molecule has 53 valence electrons. The molecule has 0 N–H and O–H groups in total. The summed E-state index contributed by atoms with van der Waals surface area (Å²) in [7, 11) is 0. The van der Waals surface area contributed by atoms with Gasteiger partial charge in [-0.3, -0.25) is 0 Å². The maximum atomic E-state index is 11.3. The van der Waals surface area contributed by atoms with Gasteiger partial charge in [0.05, 0.1) is 6.08 Å². The molecule has 0 bridgehead atoms. The summed E-state index contributed by atoms with van der Waals surface area (Å²) in [6.07, 6.45) is 2.86. The predicted molar refractivity (Wildman–Crippen MR) is 35.1 cm³/mol. The molecule has 1 fully saturated rings. The van der Waals surface area contributed by atoms with Crippen molar-refractivity contribution in [2.75, 3.05) is 0 Å². The Balaban J connectivity index is 2.17. The van der Waals surface area contributed by atoms with Gasteiger partial charge in [0.2, 0.25) is 0 Å². The van der Waals surface area contributed by atoms with Crippen LogP contribution in [0.25, 0.3) is 0 Å². The monoisotopic (exact) mass is 141 g/mol. The fourth-order valence-electron chi connectivity index (χ4n) is 0.558. The van der Waals surface area contributed by atoms with E-state index in [1.54, 1.807) is 0 Å². The fourth-order valence-corrected chi connectivity index (χ4v) is 0.558. The van der Waals surface area contributed by atoms with Crippen LogP contribution < -0.4 is 0 Å². The maximum Gasteiger partial charge on any atom is 0.278 e. The van der Waals surface area contributed by atoms with E-state index in [1.807, 2.05) is 0 Å². The first-order chi connectivity index (χ1) is 4.79. The summed E-state index contributed by atoms with van der Waals surface area (Å²) in [5.74, 6) is 5.49. The van der Waals surface area contributed by atoms with Crippen LogP contribution in [-0.4, -0.2) is 0 Å². The molecule has 2 heteroatoms. The number of rotatable bonds is 1. The summed E-state index contributed by atoms with van der Waals surface area (Å²) in [6, 6.07) is 0. The van der Waals surface area contributed by atoms with Gasteiger partial charge < -0.3 is 0 Å². The molecular weight excluding hydrogens is 134 g/mol. The van der Waals surface area contributed by atoms with Crippen molar-refractivity contribution in [3.8, 4) is 11.8 Å². The van der Waals surface area contributed by atoms with Gasteiger partial charge >= 0.3 is 0 Å². The van der Waals surface area contributed by atoms with Crippen molar-refractivity contribution in [2.45, 2.75) is 12.8 Å². The van der Waals surface area contributed by atoms with E-state index in [1.165, 1.54) is 0 Å². The van der Waals surface area contributed by atoms with E-state index >= 15 is 0 Å². The molecular formula is C8H7F2. The number of hydrogen-bond acceptors (Lipinski definition) is 0. The molecule has 0 nitrogen and oxygen atoms in total. The van der Waals surface area contributed by atoms with Crippen molar-refractivity contribution < 1.29 is 8.78 Å². The van der Waals surface area contributed by atoms with Gasteiger partial charge in [0, 0.05) is 6.42 Å². The highest BCUT2D eigenvalue weighted by Crippen LogP contribution is 2.29. The second kappa shape index (κ2) is 3.36. The van der Waals surface area contributed by atoms with Crippen molar-refractivity contribution >= 4 is 0 Å². The van der Waals surface area contributed by atoms with E-state index in [2.05, 4.69) is 18.3 Å². The van der Waals surface area contributed by atoms with Gasteiger partial charge in [0.25, 0.3) is 6.08 Å². The van der Waals surface area contributed by atoms with Gasteiger partial charge in [-0.15, -0.1) is 0 Å². The first kappa shape index (κ1) is 7.27. The molecule has 1 aliphatic rings. The van der Waals surface area contributed by atoms with Crippen LogP contribution >= 0.6 is 0 Å². The zero-order chi connectivity index (χ0) is 7.40. The Kier molecular flexibility index (Phi) is 2.44. The molecule has 0 spiro atoms. The lowest BCUT2D eigenvalue weighted by Gasteiger charge is -1.76. The topological polar surface area (TPSA) is 0 Å². The average molecular weight is 141 g/mol. The largest absolute Gasteiger partial charge is 0.278 e. The van der Waals surface area contributed by atoms with E-state index in [0.29, 0.717) is 12.0 Å². The summed E-state index contributed by atoms with van der Waals surface area (Å²) in [5, 5.41) is 0. The third-order valence-corrected chi connectivity index (χ3v) is 1.22. The van der Waals surface area contributed by atoms with E-state index in [4.69, 9.17) is 0 Å². The molecule has 0 aromatic carbocycles. The molecule has 0 aliphatic heterocycles. The molecule has 1 atom stereocenters. The quantitative estimate of drug-likeness (QED) is 0.492. The van der Waals surface area contributed by atoms with Crippen molar-refractivity contribution in [2.24, 2.45) is 5.92 Å². The van der Waals surface area contributed by atoms with Gasteiger partial charge in [-0.2, -0.15) is 8.78 Å². The van der Waals surface area contributed by atoms with Crippen LogP contribution in [0.4, 0.5) is 8.78 Å². The van der Waals surface area contributed by atoms with Crippen LogP contribution in [0.3, 0.4) is 0 Å². The minimum Gasteiger partial charge on any atom is -0.173 e. The Bertz CT molecular complexity index is 187. The minimum absolute atomic E-state index is 0.573. The third-order valence-electron chi connectivity index (χ3n) is 1.22. The van der Waals surface area contributed by atoms with Gasteiger partial charge in [0.1, 0.15) is 0 Å². The van der Waals surface area contributed by atoms with Gasteiger partial charge in [-0.1, -0.05) is 11.8 Å². The van der Waals surface area contributed by atoms with Crippen LogP contribution in [0.2, 0.25) is 0 Å². The highest BCUT2D eigenvalue weighted by atomic mass is 19.3. The van der Waals surface area contributed by atoms with Crippen LogP contribution in [0.1, 0.15) is 12.8 Å². The van der Waals surface area contributed by atoms with Crippen LogP contribution in [0.15, 0.2) is 12.2 Å². The Labute approximate surface area is 58.9 Å². The van der Waals surface area contributed by atoms with Crippen molar-refractivity contribution in [3.05, 3.63) is 18.6 Å². The zero-order valence-corrected chi connectivity index (χ0v) is 5.40. The summed E-state index contributed by atoms with van der Waals surface area (Å²) in [5.41, 5.74) is 0. The van der Waals surface area contributed by atoms with Crippen LogP contribution in [0.5, 0.6) is 0 Å². The van der Waals surface area contributed by atoms with E-state index in [-0.39, 0.29) is 0 Å². The summed E-state index contributed by atoms with van der Waals surface area (Å²) in [4.78, 5) is 0. The normalized spacial score (nSPS) is 15.4. The van der Waals surface area contributed by atoms with Crippen molar-refractivity contribution in [1.82, 2.24) is 0 Å². The second-order valence-corrected chi connectivity index (χ2v) is 2.19. The molecule has 0 aromatic rings. The Morgan fingerprint density at radius 1 is 1.70 bits per heavy atom. The van der Waals surface area contributed by atoms with Crippen LogP contribution in [0, 0.1) is 24.2 Å². The zero-order valence-electron chi connectivity index (χ0n) is 5.40. The second-order valence-electron chi connectivity index (χ2n) is 2.19. The van der Waals surface area contributed by atoms with E-state index in [0.717, 1.165) is 12.8 Å². The lowest BCUT2D eigenvalue weighted by molar-refractivity contribution is 0.422. The Morgan fingerprint density at radius 2 is 2.40 bits per heavy atom. The minimum atomic E-state index is -1.72. The molecule has 1 rings (SSSR count). The van der Waals surface area contributed by atoms with Crippen LogP contribution in [-0.2, 0) is 0 Å². The van der Waals surface area contributed by atoms with Gasteiger partial charge in [-0.25, -0.2) is 0 Å². The molecule has 1 radical (unpaired) electrons. The van der Waals surface area contributed by atoms with Crippen molar-refractivity contribution in [3.63, 3.8) is 0 Å². The van der Waals surface area contributed by atoms with Crippen molar-refractivity contribution in [1.29, 1.82) is 0 Å². The fraction of sp³-hybridized carbons (Fsp3) is 0.375. The predicted octanol–water partition coefficient (Wildman–Crippen LogP) is 2.38.